The molecular formula is C18H16F5N3O2. The number of carbonyl (C=O) groups excluding carboxylic acids is 2. The second kappa shape index (κ2) is 9.16. The Hall–Kier alpha value is -3.17. The van der Waals surface area contributed by atoms with Crippen LogP contribution in [0.15, 0.2) is 42.5 Å². The maximum Gasteiger partial charge on any atom is 0.416 e. The van der Waals surface area contributed by atoms with E-state index in [9.17, 15) is 31.5 Å². The highest BCUT2D eigenvalue weighted by atomic mass is 19.4. The summed E-state index contributed by atoms with van der Waals surface area (Å²) in [6.45, 7) is -0.548. The third kappa shape index (κ3) is 6.22. The molecule has 10 heteroatoms. The zero-order valence-corrected chi connectivity index (χ0v) is 14.4. The predicted molar refractivity (Wildman–Crippen MR) is 91.5 cm³/mol. The molecule has 3 amide bonds. The van der Waals surface area contributed by atoms with Crippen LogP contribution in [-0.2, 0) is 17.4 Å². The Morgan fingerprint density at radius 3 is 2.32 bits per heavy atom. The molecule has 0 unspecified atom stereocenters. The largest absolute Gasteiger partial charge is 0.416 e. The van der Waals surface area contributed by atoms with E-state index in [4.69, 9.17) is 0 Å². The van der Waals surface area contributed by atoms with E-state index < -0.39 is 41.9 Å². The van der Waals surface area contributed by atoms with Crippen LogP contribution in [0.5, 0.6) is 0 Å². The fraction of sp³-hybridized carbons (Fsp3) is 0.222. The molecular weight excluding hydrogens is 385 g/mol. The van der Waals surface area contributed by atoms with Gasteiger partial charge < -0.3 is 16.0 Å². The summed E-state index contributed by atoms with van der Waals surface area (Å²) >= 11 is 0. The number of hydrogen-bond acceptors (Lipinski definition) is 2. The van der Waals surface area contributed by atoms with Gasteiger partial charge in [-0.25, -0.2) is 13.6 Å². The van der Waals surface area contributed by atoms with Crippen LogP contribution >= 0.6 is 0 Å². The van der Waals surface area contributed by atoms with Crippen LogP contribution in [0.4, 0.5) is 32.4 Å². The van der Waals surface area contributed by atoms with E-state index in [1.807, 2.05) is 0 Å². The van der Waals surface area contributed by atoms with Crippen molar-refractivity contribution >= 4 is 17.6 Å². The second-order valence-corrected chi connectivity index (χ2v) is 5.69. The van der Waals surface area contributed by atoms with Crippen LogP contribution < -0.4 is 16.0 Å². The summed E-state index contributed by atoms with van der Waals surface area (Å²) in [5.74, 6) is -2.89. The number of rotatable bonds is 6. The molecule has 0 radical (unpaired) electrons. The molecule has 0 saturated carbocycles. The first-order valence-electron chi connectivity index (χ1n) is 8.08. The maximum atomic E-state index is 13.0. The van der Waals surface area contributed by atoms with Gasteiger partial charge in [-0.3, -0.25) is 4.79 Å². The number of alkyl halides is 3. The van der Waals surface area contributed by atoms with Gasteiger partial charge in [0.25, 0.3) is 0 Å². The lowest BCUT2D eigenvalue weighted by Crippen LogP contribution is -2.40. The Labute approximate surface area is 156 Å². The molecule has 2 aromatic rings. The molecule has 0 fully saturated rings. The van der Waals surface area contributed by atoms with Crippen molar-refractivity contribution < 1.29 is 31.5 Å². The monoisotopic (exact) mass is 401 g/mol. The van der Waals surface area contributed by atoms with E-state index >= 15 is 0 Å². The molecule has 0 saturated heterocycles. The van der Waals surface area contributed by atoms with Crippen LogP contribution in [0.2, 0.25) is 0 Å². The Morgan fingerprint density at radius 1 is 0.929 bits per heavy atom. The highest BCUT2D eigenvalue weighted by Gasteiger charge is 2.32. The molecule has 0 aliphatic rings. The van der Waals surface area contributed by atoms with Crippen molar-refractivity contribution in [3.05, 3.63) is 65.2 Å². The van der Waals surface area contributed by atoms with Crippen molar-refractivity contribution in [1.29, 1.82) is 0 Å². The molecule has 0 aromatic heterocycles. The lowest BCUT2D eigenvalue weighted by Gasteiger charge is -2.13. The summed E-state index contributed by atoms with van der Waals surface area (Å²) < 4.78 is 64.5. The number of carbonyl (C=O) groups is 2. The van der Waals surface area contributed by atoms with E-state index in [-0.39, 0.29) is 24.2 Å². The minimum atomic E-state index is -4.49. The van der Waals surface area contributed by atoms with Crippen molar-refractivity contribution in [1.82, 2.24) is 10.6 Å². The van der Waals surface area contributed by atoms with Gasteiger partial charge in [0.15, 0.2) is 11.6 Å². The first kappa shape index (κ1) is 21.1. The summed E-state index contributed by atoms with van der Waals surface area (Å²) in [5.41, 5.74) is -0.732. The number of halogens is 5. The summed E-state index contributed by atoms with van der Waals surface area (Å²) in [6, 6.07) is 7.02. The summed E-state index contributed by atoms with van der Waals surface area (Å²) in [6.07, 6.45) is -4.54. The van der Waals surface area contributed by atoms with Crippen molar-refractivity contribution in [3.63, 3.8) is 0 Å². The number of anilines is 1. The lowest BCUT2D eigenvalue weighted by atomic mass is 10.0. The number of hydrogen-bond donors (Lipinski definition) is 3. The maximum absolute atomic E-state index is 13.0. The fourth-order valence-corrected chi connectivity index (χ4v) is 2.33. The topological polar surface area (TPSA) is 70.2 Å². The first-order chi connectivity index (χ1) is 13.2. The van der Waals surface area contributed by atoms with Crippen LogP contribution in [-0.4, -0.2) is 25.0 Å². The molecule has 0 aliphatic carbocycles. The molecule has 2 rings (SSSR count). The molecule has 0 heterocycles. The van der Waals surface area contributed by atoms with Gasteiger partial charge in [0.05, 0.1) is 12.1 Å². The molecule has 0 aliphatic heterocycles. The minimum absolute atomic E-state index is 0.00914. The molecule has 2 aromatic carbocycles. The van der Waals surface area contributed by atoms with E-state index in [0.717, 1.165) is 24.3 Å². The predicted octanol–water partition coefficient (Wildman–Crippen LogP) is 3.46. The zero-order valence-electron chi connectivity index (χ0n) is 14.4. The SMILES string of the molecule is O=C(CNC(=O)NCCc1ccccc1C(F)(F)F)Nc1ccc(F)c(F)c1. The molecule has 5 nitrogen and oxygen atoms in total. The Kier molecular flexibility index (Phi) is 6.91. The average molecular weight is 401 g/mol. The van der Waals surface area contributed by atoms with Gasteiger partial charge in [0, 0.05) is 18.3 Å². The Morgan fingerprint density at radius 2 is 1.64 bits per heavy atom. The van der Waals surface area contributed by atoms with Gasteiger partial charge in [0.2, 0.25) is 5.91 Å². The minimum Gasteiger partial charge on any atom is -0.338 e. The number of nitrogens with one attached hydrogen (secondary N) is 3. The summed E-state index contributed by atoms with van der Waals surface area (Å²) in [5, 5.41) is 6.80. The van der Waals surface area contributed by atoms with Crippen LogP contribution in [0.25, 0.3) is 0 Å². The van der Waals surface area contributed by atoms with Gasteiger partial charge in [-0.15, -0.1) is 0 Å². The van der Waals surface area contributed by atoms with Gasteiger partial charge >= 0.3 is 12.2 Å². The molecule has 0 spiro atoms. The third-order valence-corrected chi connectivity index (χ3v) is 3.62. The Bertz CT molecular complexity index is 855. The zero-order chi connectivity index (χ0) is 20.7. The molecule has 0 bridgehead atoms. The summed E-state index contributed by atoms with van der Waals surface area (Å²) in [4.78, 5) is 23.3. The normalized spacial score (nSPS) is 11.0. The standard InChI is InChI=1S/C18H16F5N3O2/c19-14-6-5-12(9-15(14)20)26-16(27)10-25-17(28)24-8-7-11-3-1-2-4-13(11)18(21,22)23/h1-6,9H,7-8,10H2,(H,26,27)(H2,24,25,28). The van der Waals surface area contributed by atoms with E-state index in [1.54, 1.807) is 0 Å². The van der Waals surface area contributed by atoms with Crippen LogP contribution in [0.3, 0.4) is 0 Å². The van der Waals surface area contributed by atoms with Crippen molar-refractivity contribution in [2.75, 3.05) is 18.4 Å². The van der Waals surface area contributed by atoms with E-state index in [0.29, 0.717) is 0 Å². The van der Waals surface area contributed by atoms with Crippen molar-refractivity contribution in [3.8, 4) is 0 Å². The van der Waals surface area contributed by atoms with Gasteiger partial charge in [-0.05, 0) is 30.2 Å². The summed E-state index contributed by atoms with van der Waals surface area (Å²) in [7, 11) is 0. The Balaban J connectivity index is 1.76. The second-order valence-electron chi connectivity index (χ2n) is 5.69. The highest BCUT2D eigenvalue weighted by molar-refractivity contribution is 5.94. The number of urea groups is 1. The first-order valence-corrected chi connectivity index (χ1v) is 8.08. The number of benzene rings is 2. The quantitative estimate of drug-likeness (QED) is 0.649. The van der Waals surface area contributed by atoms with E-state index in [1.165, 1.54) is 18.2 Å². The third-order valence-electron chi connectivity index (χ3n) is 3.62. The van der Waals surface area contributed by atoms with Crippen molar-refractivity contribution in [2.24, 2.45) is 0 Å². The lowest BCUT2D eigenvalue weighted by molar-refractivity contribution is -0.138. The van der Waals surface area contributed by atoms with Crippen LogP contribution in [0.1, 0.15) is 11.1 Å². The average Bonchev–Trinajstić information content (AvgIpc) is 2.63. The molecule has 28 heavy (non-hydrogen) atoms. The highest BCUT2D eigenvalue weighted by Crippen LogP contribution is 2.31. The smallest absolute Gasteiger partial charge is 0.338 e. The molecule has 0 atom stereocenters. The van der Waals surface area contributed by atoms with Gasteiger partial charge in [-0.2, -0.15) is 13.2 Å². The fourth-order valence-electron chi connectivity index (χ4n) is 2.33. The number of amides is 3. The van der Waals surface area contributed by atoms with Gasteiger partial charge in [0.1, 0.15) is 0 Å². The van der Waals surface area contributed by atoms with Crippen LogP contribution in [0, 0.1) is 11.6 Å². The molecule has 150 valence electrons. The van der Waals surface area contributed by atoms with Crippen molar-refractivity contribution in [2.45, 2.75) is 12.6 Å². The van der Waals surface area contributed by atoms with Gasteiger partial charge in [-0.1, -0.05) is 18.2 Å². The van der Waals surface area contributed by atoms with E-state index in [2.05, 4.69) is 16.0 Å². The molecule has 3 N–H and O–H groups in total.